The molecule has 196 valence electrons. The molecule has 0 heterocycles. The fraction of sp³-hybridized carbons (Fsp3) is 0.440. The first-order valence-corrected chi connectivity index (χ1v) is 14.3. The Labute approximate surface area is 221 Å². The quantitative estimate of drug-likeness (QED) is 0.481. The largest absolute Gasteiger partial charge is 0.352 e. The monoisotopic (exact) mass is 557 g/mol. The van der Waals surface area contributed by atoms with Crippen molar-refractivity contribution in [3.05, 3.63) is 63.9 Å². The molecule has 0 aliphatic heterocycles. The van der Waals surface area contributed by atoms with Crippen molar-refractivity contribution in [3.63, 3.8) is 0 Å². The predicted octanol–water partition coefficient (Wildman–Crippen LogP) is 4.76. The zero-order valence-electron chi connectivity index (χ0n) is 20.2. The molecular formula is C25H30Cl2FN3O4S. The first-order valence-electron chi connectivity index (χ1n) is 11.7. The van der Waals surface area contributed by atoms with E-state index in [-0.39, 0.29) is 34.8 Å². The Morgan fingerprint density at radius 2 is 1.78 bits per heavy atom. The number of rotatable bonds is 9. The van der Waals surface area contributed by atoms with E-state index in [2.05, 4.69) is 5.32 Å². The lowest BCUT2D eigenvalue weighted by molar-refractivity contribution is -0.139. The van der Waals surface area contributed by atoms with Crippen LogP contribution in [0, 0.1) is 5.82 Å². The summed E-state index contributed by atoms with van der Waals surface area (Å²) in [5.74, 6) is -1.58. The Bertz CT molecular complexity index is 1210. The summed E-state index contributed by atoms with van der Waals surface area (Å²) >= 11 is 12.2. The Hall–Kier alpha value is -2.36. The van der Waals surface area contributed by atoms with Crippen LogP contribution in [0.25, 0.3) is 0 Å². The first-order chi connectivity index (χ1) is 17.0. The summed E-state index contributed by atoms with van der Waals surface area (Å²) in [6, 6.07) is 9.22. The van der Waals surface area contributed by atoms with Gasteiger partial charge in [-0.3, -0.25) is 13.9 Å². The Kier molecular flexibility index (Phi) is 9.60. The number of carbonyl (C=O) groups excluding carboxylic acids is 2. The standard InChI is InChI=1S/C25H30Cl2FN3O4S/c1-17(25(33)29-20-9-4-3-5-10-20)30(15-18-8-6-7-11-22(18)28)24(32)16-31(36(2,34)35)23-13-12-19(26)14-21(23)27/h6-8,11-14,17,20H,3-5,9-10,15-16H2,1-2H3,(H,29,33)/t17-/m1/s1. The molecule has 0 bridgehead atoms. The maximum Gasteiger partial charge on any atom is 0.244 e. The minimum absolute atomic E-state index is 0.0134. The fourth-order valence-corrected chi connectivity index (χ4v) is 5.66. The van der Waals surface area contributed by atoms with Crippen molar-refractivity contribution in [1.82, 2.24) is 10.2 Å². The number of carbonyl (C=O) groups is 2. The van der Waals surface area contributed by atoms with Gasteiger partial charge in [-0.2, -0.15) is 0 Å². The Balaban J connectivity index is 1.90. The molecule has 2 amide bonds. The van der Waals surface area contributed by atoms with Crippen LogP contribution in [0.15, 0.2) is 42.5 Å². The van der Waals surface area contributed by atoms with Crippen LogP contribution in [0.5, 0.6) is 0 Å². The number of nitrogens with one attached hydrogen (secondary N) is 1. The molecule has 1 aliphatic carbocycles. The molecule has 36 heavy (non-hydrogen) atoms. The number of hydrogen-bond donors (Lipinski definition) is 1. The van der Waals surface area contributed by atoms with Gasteiger partial charge in [0.15, 0.2) is 0 Å². The van der Waals surface area contributed by atoms with Gasteiger partial charge < -0.3 is 10.2 Å². The van der Waals surface area contributed by atoms with Crippen LogP contribution in [0.1, 0.15) is 44.6 Å². The molecule has 0 unspecified atom stereocenters. The van der Waals surface area contributed by atoms with Gasteiger partial charge in [0.05, 0.1) is 17.0 Å². The van der Waals surface area contributed by atoms with Crippen LogP contribution in [-0.4, -0.2) is 50.0 Å². The number of sulfonamides is 1. The van der Waals surface area contributed by atoms with Gasteiger partial charge in [0, 0.05) is 23.2 Å². The second-order valence-electron chi connectivity index (χ2n) is 9.00. The van der Waals surface area contributed by atoms with Crippen molar-refractivity contribution < 1.29 is 22.4 Å². The average molecular weight is 559 g/mol. The van der Waals surface area contributed by atoms with E-state index in [0.29, 0.717) is 5.02 Å². The van der Waals surface area contributed by atoms with Crippen molar-refractivity contribution in [2.75, 3.05) is 17.1 Å². The molecule has 0 spiro atoms. The van der Waals surface area contributed by atoms with E-state index in [1.165, 1.54) is 41.3 Å². The molecule has 2 aromatic rings. The normalized spacial score (nSPS) is 15.2. The summed E-state index contributed by atoms with van der Waals surface area (Å²) in [6.07, 6.45) is 5.82. The molecule has 1 fully saturated rings. The number of anilines is 1. The van der Waals surface area contributed by atoms with E-state index in [0.717, 1.165) is 42.7 Å². The van der Waals surface area contributed by atoms with Crippen LogP contribution in [0.4, 0.5) is 10.1 Å². The number of nitrogens with zero attached hydrogens (tertiary/aromatic N) is 2. The predicted molar refractivity (Wildman–Crippen MR) is 140 cm³/mol. The van der Waals surface area contributed by atoms with E-state index in [9.17, 15) is 22.4 Å². The second-order valence-corrected chi connectivity index (χ2v) is 11.7. The van der Waals surface area contributed by atoms with Crippen molar-refractivity contribution in [1.29, 1.82) is 0 Å². The van der Waals surface area contributed by atoms with Crippen molar-refractivity contribution >= 4 is 50.7 Å². The highest BCUT2D eigenvalue weighted by Crippen LogP contribution is 2.30. The van der Waals surface area contributed by atoms with Crippen LogP contribution in [0.2, 0.25) is 10.0 Å². The highest BCUT2D eigenvalue weighted by Gasteiger charge is 2.32. The van der Waals surface area contributed by atoms with Gasteiger partial charge in [0.2, 0.25) is 21.8 Å². The van der Waals surface area contributed by atoms with E-state index in [1.54, 1.807) is 13.0 Å². The molecule has 0 aromatic heterocycles. The molecule has 0 radical (unpaired) electrons. The van der Waals surface area contributed by atoms with E-state index < -0.39 is 34.3 Å². The van der Waals surface area contributed by atoms with Crippen molar-refractivity contribution in [3.8, 4) is 0 Å². The minimum atomic E-state index is -3.95. The minimum Gasteiger partial charge on any atom is -0.352 e. The molecule has 1 atom stereocenters. The third kappa shape index (κ3) is 7.33. The molecule has 1 saturated carbocycles. The SMILES string of the molecule is C[C@H](C(=O)NC1CCCCC1)N(Cc1ccccc1F)C(=O)CN(c1ccc(Cl)cc1Cl)S(C)(=O)=O. The van der Waals surface area contributed by atoms with Gasteiger partial charge >= 0.3 is 0 Å². The van der Waals surface area contributed by atoms with Crippen molar-refractivity contribution in [2.45, 2.75) is 57.7 Å². The number of halogens is 3. The van der Waals surface area contributed by atoms with E-state index in [4.69, 9.17) is 23.2 Å². The highest BCUT2D eigenvalue weighted by molar-refractivity contribution is 7.92. The highest BCUT2D eigenvalue weighted by atomic mass is 35.5. The molecule has 1 N–H and O–H groups in total. The summed E-state index contributed by atoms with van der Waals surface area (Å²) in [7, 11) is -3.95. The summed E-state index contributed by atoms with van der Waals surface area (Å²) in [4.78, 5) is 27.9. The second kappa shape index (κ2) is 12.3. The van der Waals surface area contributed by atoms with Gasteiger partial charge in [0.25, 0.3) is 0 Å². The summed E-state index contributed by atoms with van der Waals surface area (Å²) < 4.78 is 40.6. The smallest absolute Gasteiger partial charge is 0.244 e. The first kappa shape index (κ1) is 28.2. The van der Waals surface area contributed by atoms with Crippen LogP contribution in [-0.2, 0) is 26.2 Å². The van der Waals surface area contributed by atoms with Gasteiger partial charge in [-0.05, 0) is 44.0 Å². The molecule has 11 heteroatoms. The van der Waals surface area contributed by atoms with E-state index >= 15 is 0 Å². The van der Waals surface area contributed by atoms with Crippen LogP contribution in [0.3, 0.4) is 0 Å². The summed E-state index contributed by atoms with van der Waals surface area (Å²) in [5, 5.41) is 3.34. The van der Waals surface area contributed by atoms with E-state index in [1.807, 2.05) is 0 Å². The van der Waals surface area contributed by atoms with Crippen molar-refractivity contribution in [2.24, 2.45) is 0 Å². The number of benzene rings is 2. The lowest BCUT2D eigenvalue weighted by atomic mass is 9.95. The Morgan fingerprint density at radius 1 is 1.11 bits per heavy atom. The third-order valence-electron chi connectivity index (χ3n) is 6.27. The topological polar surface area (TPSA) is 86.8 Å². The van der Waals surface area contributed by atoms with Crippen LogP contribution < -0.4 is 9.62 Å². The number of amides is 2. The average Bonchev–Trinajstić information content (AvgIpc) is 2.82. The summed E-state index contributed by atoms with van der Waals surface area (Å²) in [6.45, 7) is 0.712. The summed E-state index contributed by atoms with van der Waals surface area (Å²) in [5.41, 5.74) is 0.278. The maximum atomic E-state index is 14.5. The molecular weight excluding hydrogens is 528 g/mol. The Morgan fingerprint density at radius 3 is 2.39 bits per heavy atom. The van der Waals surface area contributed by atoms with Crippen LogP contribution >= 0.6 is 23.2 Å². The van der Waals surface area contributed by atoms with Gasteiger partial charge in [-0.1, -0.05) is 60.7 Å². The lowest BCUT2D eigenvalue weighted by Gasteiger charge is -2.33. The van der Waals surface area contributed by atoms with Gasteiger partial charge in [-0.15, -0.1) is 0 Å². The van der Waals surface area contributed by atoms with Gasteiger partial charge in [-0.25, -0.2) is 12.8 Å². The maximum absolute atomic E-state index is 14.5. The van der Waals surface area contributed by atoms with Gasteiger partial charge in [0.1, 0.15) is 18.4 Å². The molecule has 7 nitrogen and oxygen atoms in total. The molecule has 2 aromatic carbocycles. The number of hydrogen-bond acceptors (Lipinski definition) is 4. The molecule has 0 saturated heterocycles. The molecule has 1 aliphatic rings. The lowest BCUT2D eigenvalue weighted by Crippen LogP contribution is -2.53. The fourth-order valence-electron chi connectivity index (χ4n) is 4.24. The zero-order valence-corrected chi connectivity index (χ0v) is 22.5. The third-order valence-corrected chi connectivity index (χ3v) is 7.94. The zero-order chi connectivity index (χ0) is 26.5. The molecule has 3 rings (SSSR count).